The second kappa shape index (κ2) is 8.25. The highest BCUT2D eigenvalue weighted by Gasteiger charge is 2.27. The lowest BCUT2D eigenvalue weighted by atomic mass is 10.1. The molecule has 1 aromatic carbocycles. The van der Waals surface area contributed by atoms with Gasteiger partial charge in [-0.25, -0.2) is 13.2 Å². The van der Waals surface area contributed by atoms with E-state index >= 15 is 0 Å². The minimum atomic E-state index is -3.64. The van der Waals surface area contributed by atoms with Crippen molar-refractivity contribution < 1.29 is 27.9 Å². The fourth-order valence-electron chi connectivity index (χ4n) is 1.94. The van der Waals surface area contributed by atoms with Gasteiger partial charge >= 0.3 is 5.97 Å². The Morgan fingerprint density at radius 3 is 2.24 bits per heavy atom. The molecule has 0 fully saturated rings. The zero-order chi connectivity index (χ0) is 19.2. The molecule has 0 saturated heterocycles. The van der Waals surface area contributed by atoms with Gasteiger partial charge in [-0.2, -0.15) is 5.26 Å². The summed E-state index contributed by atoms with van der Waals surface area (Å²) >= 11 is 0. The van der Waals surface area contributed by atoms with Crippen molar-refractivity contribution in [3.63, 3.8) is 0 Å². The molecule has 2 unspecified atom stereocenters. The van der Waals surface area contributed by atoms with Crippen LogP contribution in [0.4, 0.5) is 0 Å². The lowest BCUT2D eigenvalue weighted by Crippen LogP contribution is -2.52. The number of rotatable bonds is 7. The van der Waals surface area contributed by atoms with Gasteiger partial charge in [-0.05, 0) is 19.1 Å². The predicted octanol–water partition coefficient (Wildman–Crippen LogP) is -0.444. The molecular formula is C15H17N3O6S. The second-order valence-corrected chi connectivity index (χ2v) is 7.51. The Balaban J connectivity index is 3.09. The molecule has 25 heavy (non-hydrogen) atoms. The van der Waals surface area contributed by atoms with Gasteiger partial charge in [0.15, 0.2) is 0 Å². The smallest absolute Gasteiger partial charge is 0.336 e. The average Bonchev–Trinajstić information content (AvgIpc) is 2.52. The molecule has 134 valence electrons. The molecule has 3 N–H and O–H groups in total. The topological polar surface area (TPSA) is 153 Å². The van der Waals surface area contributed by atoms with Crippen molar-refractivity contribution in [3.8, 4) is 6.07 Å². The van der Waals surface area contributed by atoms with Crippen LogP contribution in [0.3, 0.4) is 0 Å². The number of carbonyl (C=O) groups is 3. The molecule has 0 saturated carbocycles. The number of aromatic carboxylic acids is 1. The fraction of sp³-hybridized carbons (Fsp3) is 0.333. The molecular weight excluding hydrogens is 350 g/mol. The van der Waals surface area contributed by atoms with Crippen molar-refractivity contribution >= 4 is 27.6 Å². The third-order valence-corrected chi connectivity index (χ3v) is 3.98. The lowest BCUT2D eigenvalue weighted by Gasteiger charge is -2.19. The van der Waals surface area contributed by atoms with Gasteiger partial charge in [-0.1, -0.05) is 12.1 Å². The molecule has 1 aromatic rings. The van der Waals surface area contributed by atoms with Crippen LogP contribution >= 0.6 is 0 Å². The largest absolute Gasteiger partial charge is 0.478 e. The summed E-state index contributed by atoms with van der Waals surface area (Å²) in [6.45, 7) is 1.39. The summed E-state index contributed by atoms with van der Waals surface area (Å²) in [5.74, 6) is -3.81. The van der Waals surface area contributed by atoms with Crippen LogP contribution in [0.15, 0.2) is 24.3 Å². The number of hydrogen-bond acceptors (Lipinski definition) is 6. The molecule has 1 rings (SSSR count). The summed E-state index contributed by atoms with van der Waals surface area (Å²) in [5, 5.41) is 22.3. The molecule has 2 atom stereocenters. The van der Waals surface area contributed by atoms with E-state index in [4.69, 9.17) is 10.4 Å². The third-order valence-electron chi connectivity index (χ3n) is 3.05. The number of nitrogens with one attached hydrogen (secondary N) is 2. The normalized spacial score (nSPS) is 13.2. The van der Waals surface area contributed by atoms with Crippen LogP contribution in [0.5, 0.6) is 0 Å². The first kappa shape index (κ1) is 20.1. The number of nitriles is 1. The second-order valence-electron chi connectivity index (χ2n) is 5.33. The Bertz CT molecular complexity index is 828. The van der Waals surface area contributed by atoms with Crippen LogP contribution in [0.25, 0.3) is 0 Å². The van der Waals surface area contributed by atoms with Gasteiger partial charge in [0.1, 0.15) is 21.9 Å². The van der Waals surface area contributed by atoms with Gasteiger partial charge in [-0.15, -0.1) is 0 Å². The number of amides is 2. The highest BCUT2D eigenvalue weighted by molar-refractivity contribution is 7.90. The summed E-state index contributed by atoms with van der Waals surface area (Å²) < 4.78 is 23.0. The predicted molar refractivity (Wildman–Crippen MR) is 87.6 cm³/mol. The van der Waals surface area contributed by atoms with Crippen molar-refractivity contribution in [1.29, 1.82) is 5.26 Å². The van der Waals surface area contributed by atoms with Gasteiger partial charge in [0.05, 0.1) is 22.9 Å². The first-order valence-electron chi connectivity index (χ1n) is 7.06. The van der Waals surface area contributed by atoms with E-state index in [0.717, 1.165) is 6.26 Å². The molecule has 0 heterocycles. The zero-order valence-corrected chi connectivity index (χ0v) is 14.3. The van der Waals surface area contributed by atoms with Crippen LogP contribution in [0.1, 0.15) is 27.6 Å². The van der Waals surface area contributed by atoms with Crippen LogP contribution in [-0.4, -0.2) is 55.4 Å². The standard InChI is InChI=1S/C15H17N3O6S/c1-9(7-16)17-14(20)12(8-25(2,23)24)18-13(19)10-5-3-4-6-11(10)15(21)22/h3-6,9,12H,8H2,1-2H3,(H,17,20)(H,18,19)(H,21,22). The molecule has 0 radical (unpaired) electrons. The Hall–Kier alpha value is -2.93. The SMILES string of the molecule is CC(C#N)NC(=O)C(CS(C)(=O)=O)NC(=O)c1ccccc1C(=O)O. The van der Waals surface area contributed by atoms with Crippen molar-refractivity contribution in [2.75, 3.05) is 12.0 Å². The Kier molecular flexibility index (Phi) is 6.64. The van der Waals surface area contributed by atoms with Crippen molar-refractivity contribution in [2.24, 2.45) is 0 Å². The van der Waals surface area contributed by atoms with Gasteiger partial charge in [-0.3, -0.25) is 9.59 Å². The molecule has 0 bridgehead atoms. The summed E-state index contributed by atoms with van der Waals surface area (Å²) in [6.07, 6.45) is 0.887. The molecule has 9 nitrogen and oxygen atoms in total. The lowest BCUT2D eigenvalue weighted by molar-refractivity contribution is -0.122. The van der Waals surface area contributed by atoms with Gasteiger partial charge in [0.25, 0.3) is 5.91 Å². The van der Waals surface area contributed by atoms with E-state index in [1.54, 1.807) is 6.07 Å². The van der Waals surface area contributed by atoms with E-state index in [1.165, 1.54) is 31.2 Å². The van der Waals surface area contributed by atoms with Crippen LogP contribution in [0.2, 0.25) is 0 Å². The molecule has 0 aliphatic carbocycles. The molecule has 0 spiro atoms. The maximum absolute atomic E-state index is 12.3. The van der Waals surface area contributed by atoms with Crippen molar-refractivity contribution in [2.45, 2.75) is 19.0 Å². The highest BCUT2D eigenvalue weighted by atomic mass is 32.2. The quantitative estimate of drug-likeness (QED) is 0.590. The third kappa shape index (κ3) is 6.23. The highest BCUT2D eigenvalue weighted by Crippen LogP contribution is 2.09. The summed E-state index contributed by atoms with van der Waals surface area (Å²) in [7, 11) is -3.64. The van der Waals surface area contributed by atoms with Crippen molar-refractivity contribution in [1.82, 2.24) is 10.6 Å². The zero-order valence-electron chi connectivity index (χ0n) is 13.5. The number of carboxylic acids is 1. The molecule has 10 heteroatoms. The molecule has 0 aliphatic rings. The van der Waals surface area contributed by atoms with E-state index in [1.807, 2.05) is 0 Å². The number of hydrogen-bond donors (Lipinski definition) is 3. The van der Waals surface area contributed by atoms with E-state index < -0.39 is 45.5 Å². The van der Waals surface area contributed by atoms with Crippen molar-refractivity contribution in [3.05, 3.63) is 35.4 Å². The van der Waals surface area contributed by atoms with Gasteiger partial charge in [0.2, 0.25) is 5.91 Å². The number of carboxylic acid groups (broad SMARTS) is 1. The number of sulfone groups is 1. The maximum atomic E-state index is 12.3. The van der Waals surface area contributed by atoms with Crippen LogP contribution in [0, 0.1) is 11.3 Å². The van der Waals surface area contributed by atoms with Crippen LogP contribution < -0.4 is 10.6 Å². The average molecular weight is 367 g/mol. The Morgan fingerprint density at radius 1 is 1.20 bits per heavy atom. The van der Waals surface area contributed by atoms with E-state index in [2.05, 4.69) is 10.6 Å². The first-order chi connectivity index (χ1) is 11.5. The van der Waals surface area contributed by atoms with Gasteiger partial charge in [0, 0.05) is 6.26 Å². The number of nitrogens with zero attached hydrogens (tertiary/aromatic N) is 1. The Labute approximate surface area is 144 Å². The fourth-order valence-corrected chi connectivity index (χ4v) is 2.78. The number of benzene rings is 1. The van der Waals surface area contributed by atoms with Gasteiger partial charge < -0.3 is 15.7 Å². The minimum absolute atomic E-state index is 0.213. The molecule has 0 aromatic heterocycles. The summed E-state index contributed by atoms with van der Waals surface area (Å²) in [4.78, 5) is 35.6. The summed E-state index contributed by atoms with van der Waals surface area (Å²) in [5.41, 5.74) is -0.501. The van der Waals surface area contributed by atoms with E-state index in [9.17, 15) is 22.8 Å². The number of carbonyl (C=O) groups excluding carboxylic acids is 2. The Morgan fingerprint density at radius 2 is 1.76 bits per heavy atom. The maximum Gasteiger partial charge on any atom is 0.336 e. The van der Waals surface area contributed by atoms with E-state index in [-0.39, 0.29) is 11.1 Å². The minimum Gasteiger partial charge on any atom is -0.478 e. The summed E-state index contributed by atoms with van der Waals surface area (Å²) in [6, 6.07) is 4.70. The molecule has 2 amide bonds. The first-order valence-corrected chi connectivity index (χ1v) is 9.12. The van der Waals surface area contributed by atoms with Crippen LogP contribution in [-0.2, 0) is 14.6 Å². The monoisotopic (exact) mass is 367 g/mol. The molecule has 0 aliphatic heterocycles. The van der Waals surface area contributed by atoms with E-state index in [0.29, 0.717) is 0 Å².